The highest BCUT2D eigenvalue weighted by atomic mass is 14.7. The summed E-state index contributed by atoms with van der Waals surface area (Å²) in [5.74, 6) is 1.04. The van der Waals surface area contributed by atoms with Crippen molar-refractivity contribution in [3.8, 4) is 11.3 Å². The number of benzene rings is 2. The molecule has 2 aromatic carbocycles. The van der Waals surface area contributed by atoms with Gasteiger partial charge < -0.3 is 4.98 Å². The number of nitrogens with one attached hydrogen (secondary N) is 1. The largest absolute Gasteiger partial charge is 0.354 e. The van der Waals surface area contributed by atoms with Crippen molar-refractivity contribution in [3.63, 3.8) is 0 Å². The van der Waals surface area contributed by atoms with Crippen molar-refractivity contribution in [1.29, 1.82) is 0 Å². The number of H-pyrrole nitrogens is 1. The number of fused-ring (bicyclic) bond motifs is 1. The van der Waals surface area contributed by atoms with Crippen LogP contribution in [-0.4, -0.2) is 4.98 Å². The van der Waals surface area contributed by atoms with E-state index in [0.717, 1.165) is 5.92 Å². The topological polar surface area (TPSA) is 15.8 Å². The minimum atomic E-state index is 1.04. The van der Waals surface area contributed by atoms with E-state index >= 15 is 0 Å². The van der Waals surface area contributed by atoms with Gasteiger partial charge in [-0.25, -0.2) is 0 Å². The van der Waals surface area contributed by atoms with Crippen molar-refractivity contribution in [3.05, 3.63) is 59.7 Å². The van der Waals surface area contributed by atoms with Crippen LogP contribution >= 0.6 is 0 Å². The lowest BCUT2D eigenvalue weighted by atomic mass is 10.0. The summed E-state index contributed by atoms with van der Waals surface area (Å²) in [6.07, 6.45) is 6.91. The molecule has 1 fully saturated rings. The molecule has 1 aliphatic carbocycles. The van der Waals surface area contributed by atoms with Crippen LogP contribution < -0.4 is 0 Å². The Morgan fingerprint density at radius 3 is 2.64 bits per heavy atom. The molecule has 4 rings (SSSR count). The van der Waals surface area contributed by atoms with Gasteiger partial charge in [-0.15, -0.1) is 0 Å². The van der Waals surface area contributed by atoms with Crippen molar-refractivity contribution < 1.29 is 0 Å². The fourth-order valence-electron chi connectivity index (χ4n) is 3.42. The van der Waals surface area contributed by atoms with E-state index in [1.54, 1.807) is 0 Å². The van der Waals surface area contributed by atoms with Crippen LogP contribution in [0, 0.1) is 12.8 Å². The van der Waals surface area contributed by atoms with Gasteiger partial charge in [-0.05, 0) is 54.5 Å². The number of hydrogen-bond donors (Lipinski definition) is 1. The van der Waals surface area contributed by atoms with Crippen LogP contribution in [0.5, 0.6) is 0 Å². The Morgan fingerprint density at radius 1 is 1.05 bits per heavy atom. The number of aromatic amines is 1. The Bertz CT molecular complexity index is 778. The predicted molar refractivity (Wildman–Crippen MR) is 94.1 cm³/mol. The van der Waals surface area contributed by atoms with Crippen molar-refractivity contribution >= 4 is 10.9 Å². The molecule has 112 valence electrons. The molecule has 0 bridgehead atoms. The summed E-state index contributed by atoms with van der Waals surface area (Å²) in [6.45, 7) is 2.22. The van der Waals surface area contributed by atoms with E-state index in [9.17, 15) is 0 Å². The number of aryl methyl sites for hydroxylation is 2. The first kappa shape index (κ1) is 13.6. The molecule has 1 nitrogen and oxygen atoms in total. The van der Waals surface area contributed by atoms with Gasteiger partial charge in [0.05, 0.1) is 0 Å². The molecular weight excluding hydrogens is 266 g/mol. The zero-order valence-corrected chi connectivity index (χ0v) is 13.2. The molecule has 3 aromatic rings. The van der Waals surface area contributed by atoms with Gasteiger partial charge in [-0.1, -0.05) is 55.7 Å². The lowest BCUT2D eigenvalue weighted by Gasteiger charge is -2.04. The molecule has 0 amide bonds. The zero-order valence-electron chi connectivity index (χ0n) is 13.2. The lowest BCUT2D eigenvalue weighted by Crippen LogP contribution is -1.88. The summed E-state index contributed by atoms with van der Waals surface area (Å²) in [4.78, 5) is 3.59. The quantitative estimate of drug-likeness (QED) is 0.604. The molecular formula is C21H23N. The molecule has 0 unspecified atom stereocenters. The minimum absolute atomic E-state index is 1.04. The normalized spacial score (nSPS) is 14.6. The van der Waals surface area contributed by atoms with E-state index in [-0.39, 0.29) is 0 Å². The highest BCUT2D eigenvalue weighted by Crippen LogP contribution is 2.34. The van der Waals surface area contributed by atoms with Crippen molar-refractivity contribution in [2.45, 2.75) is 39.0 Å². The van der Waals surface area contributed by atoms with Gasteiger partial charge in [0.1, 0.15) is 0 Å². The van der Waals surface area contributed by atoms with E-state index in [2.05, 4.69) is 60.4 Å². The maximum Gasteiger partial charge on any atom is 0.0488 e. The Hall–Kier alpha value is -2.02. The fourth-order valence-corrected chi connectivity index (χ4v) is 3.42. The SMILES string of the molecule is Cc1cc(CCCC2CC2)cc2cc(-c3ccccc3)[nH]c12. The molecule has 1 aliphatic rings. The summed E-state index contributed by atoms with van der Waals surface area (Å²) in [5, 5.41) is 1.35. The summed E-state index contributed by atoms with van der Waals surface area (Å²) in [6, 6.07) is 17.6. The van der Waals surface area contributed by atoms with E-state index in [1.165, 1.54) is 65.4 Å². The highest BCUT2D eigenvalue weighted by molar-refractivity contribution is 5.88. The first-order chi connectivity index (χ1) is 10.8. The zero-order chi connectivity index (χ0) is 14.9. The highest BCUT2D eigenvalue weighted by Gasteiger charge is 2.20. The first-order valence-corrected chi connectivity index (χ1v) is 8.47. The van der Waals surface area contributed by atoms with Crippen LogP contribution in [0.15, 0.2) is 48.5 Å². The van der Waals surface area contributed by atoms with Crippen molar-refractivity contribution in [2.75, 3.05) is 0 Å². The Balaban J connectivity index is 1.62. The Labute approximate surface area is 132 Å². The predicted octanol–water partition coefficient (Wildman–Crippen LogP) is 5.88. The van der Waals surface area contributed by atoms with Crippen molar-refractivity contribution in [1.82, 2.24) is 4.98 Å². The van der Waals surface area contributed by atoms with E-state index in [0.29, 0.717) is 0 Å². The molecule has 0 saturated heterocycles. The Morgan fingerprint density at radius 2 is 1.86 bits per heavy atom. The van der Waals surface area contributed by atoms with E-state index < -0.39 is 0 Å². The summed E-state index contributed by atoms with van der Waals surface area (Å²) in [5.41, 5.74) is 6.61. The number of aromatic nitrogens is 1. The molecule has 1 saturated carbocycles. The van der Waals surface area contributed by atoms with Gasteiger partial charge in [-0.2, -0.15) is 0 Å². The standard InChI is InChI=1S/C21H23N/c1-15-12-17(7-5-6-16-10-11-16)13-19-14-20(22-21(15)19)18-8-3-2-4-9-18/h2-4,8-9,12-14,16,22H,5-7,10-11H2,1H3. The molecule has 1 heterocycles. The maximum absolute atomic E-state index is 3.59. The average Bonchev–Trinajstić information content (AvgIpc) is 3.25. The third-order valence-electron chi connectivity index (χ3n) is 4.84. The first-order valence-electron chi connectivity index (χ1n) is 8.47. The smallest absolute Gasteiger partial charge is 0.0488 e. The van der Waals surface area contributed by atoms with Gasteiger partial charge in [0.25, 0.3) is 0 Å². The summed E-state index contributed by atoms with van der Waals surface area (Å²) < 4.78 is 0. The van der Waals surface area contributed by atoms with Gasteiger partial charge >= 0.3 is 0 Å². The molecule has 0 aliphatic heterocycles. The van der Waals surface area contributed by atoms with E-state index in [1.807, 2.05) is 0 Å². The summed E-state index contributed by atoms with van der Waals surface area (Å²) in [7, 11) is 0. The second-order valence-electron chi connectivity index (χ2n) is 6.76. The molecule has 0 spiro atoms. The molecule has 1 aromatic heterocycles. The molecule has 0 radical (unpaired) electrons. The van der Waals surface area contributed by atoms with Crippen molar-refractivity contribution in [2.24, 2.45) is 5.92 Å². The van der Waals surface area contributed by atoms with Crippen LogP contribution in [0.3, 0.4) is 0 Å². The number of hydrogen-bond acceptors (Lipinski definition) is 0. The molecule has 1 N–H and O–H groups in total. The molecule has 22 heavy (non-hydrogen) atoms. The van der Waals surface area contributed by atoms with Crippen LogP contribution in [-0.2, 0) is 6.42 Å². The molecule has 0 atom stereocenters. The van der Waals surface area contributed by atoms with Crippen LogP contribution in [0.4, 0.5) is 0 Å². The monoisotopic (exact) mass is 289 g/mol. The second-order valence-corrected chi connectivity index (χ2v) is 6.76. The van der Waals surface area contributed by atoms with Gasteiger partial charge in [0, 0.05) is 16.6 Å². The minimum Gasteiger partial charge on any atom is -0.354 e. The van der Waals surface area contributed by atoms with Gasteiger partial charge in [0.15, 0.2) is 0 Å². The van der Waals surface area contributed by atoms with Crippen LogP contribution in [0.25, 0.3) is 22.2 Å². The third kappa shape index (κ3) is 2.81. The van der Waals surface area contributed by atoms with Gasteiger partial charge in [-0.3, -0.25) is 0 Å². The maximum atomic E-state index is 3.59. The summed E-state index contributed by atoms with van der Waals surface area (Å²) >= 11 is 0. The Kier molecular flexibility index (Phi) is 3.49. The van der Waals surface area contributed by atoms with Crippen LogP contribution in [0.1, 0.15) is 36.8 Å². The van der Waals surface area contributed by atoms with E-state index in [4.69, 9.17) is 0 Å². The molecule has 1 heteroatoms. The third-order valence-corrected chi connectivity index (χ3v) is 4.84. The fraction of sp³-hybridized carbons (Fsp3) is 0.333. The second kappa shape index (κ2) is 5.64. The van der Waals surface area contributed by atoms with Gasteiger partial charge in [0.2, 0.25) is 0 Å². The van der Waals surface area contributed by atoms with Crippen LogP contribution in [0.2, 0.25) is 0 Å². The average molecular weight is 289 g/mol. The number of rotatable bonds is 5. The lowest BCUT2D eigenvalue weighted by molar-refractivity contribution is 0.666.